The first-order valence-electron chi connectivity index (χ1n) is 12.8. The number of oxazole rings is 1. The third-order valence-electron chi connectivity index (χ3n) is 6.67. The zero-order valence-corrected chi connectivity index (χ0v) is 21.6. The van der Waals surface area contributed by atoms with Gasteiger partial charge in [0.15, 0.2) is 5.69 Å². The predicted octanol–water partition coefficient (Wildman–Crippen LogP) is 1.55. The molecule has 10 heteroatoms. The topological polar surface area (TPSA) is 94.8 Å². The average molecular weight is 502 g/mol. The first-order chi connectivity index (χ1) is 17.4. The van der Waals surface area contributed by atoms with Crippen LogP contribution in [-0.2, 0) is 11.3 Å². The molecule has 36 heavy (non-hydrogen) atoms. The zero-order chi connectivity index (χ0) is 25.5. The van der Waals surface area contributed by atoms with Crippen LogP contribution in [0.4, 0.5) is 5.69 Å². The van der Waals surface area contributed by atoms with Crippen LogP contribution in [0.2, 0.25) is 0 Å². The molecule has 2 aromatic rings. The number of aliphatic hydroxyl groups excluding tert-OH is 1. The molecular formula is C26H39N5O5. The van der Waals surface area contributed by atoms with Crippen molar-refractivity contribution < 1.29 is 23.8 Å². The highest BCUT2D eigenvalue weighted by atomic mass is 16.5. The van der Waals surface area contributed by atoms with Crippen molar-refractivity contribution in [3.63, 3.8) is 0 Å². The number of methoxy groups -OCH3 is 1. The summed E-state index contributed by atoms with van der Waals surface area (Å²) in [6.45, 7) is 11.7. The molecule has 1 N–H and O–H groups in total. The summed E-state index contributed by atoms with van der Waals surface area (Å²) < 4.78 is 16.5. The molecule has 1 atom stereocenters. The van der Waals surface area contributed by atoms with Crippen LogP contribution in [0.1, 0.15) is 30.2 Å². The van der Waals surface area contributed by atoms with Crippen LogP contribution >= 0.6 is 0 Å². The van der Waals surface area contributed by atoms with Crippen LogP contribution < -0.4 is 9.64 Å². The van der Waals surface area contributed by atoms with E-state index in [9.17, 15) is 9.90 Å². The minimum absolute atomic E-state index is 0.0854. The molecule has 1 aromatic heterocycles. The van der Waals surface area contributed by atoms with Crippen LogP contribution in [0.25, 0.3) is 0 Å². The Morgan fingerprint density at radius 1 is 1.08 bits per heavy atom. The number of piperazine rings is 2. The van der Waals surface area contributed by atoms with Crippen LogP contribution in [0.15, 0.2) is 34.9 Å². The molecule has 4 rings (SSSR count). The smallest absolute Gasteiger partial charge is 0.275 e. The molecule has 3 heterocycles. The fourth-order valence-corrected chi connectivity index (χ4v) is 4.59. The Morgan fingerprint density at radius 3 is 2.50 bits per heavy atom. The number of rotatable bonds is 10. The van der Waals surface area contributed by atoms with Gasteiger partial charge in [-0.3, -0.25) is 14.6 Å². The van der Waals surface area contributed by atoms with Crippen molar-refractivity contribution in [3.8, 4) is 5.75 Å². The molecule has 1 unspecified atom stereocenters. The van der Waals surface area contributed by atoms with Gasteiger partial charge in [-0.1, -0.05) is 6.07 Å². The van der Waals surface area contributed by atoms with E-state index in [1.807, 2.05) is 36.9 Å². The van der Waals surface area contributed by atoms with E-state index in [0.29, 0.717) is 44.4 Å². The molecule has 0 radical (unpaired) electrons. The van der Waals surface area contributed by atoms with Gasteiger partial charge in [0.2, 0.25) is 5.89 Å². The maximum absolute atomic E-state index is 13.0. The fourth-order valence-electron chi connectivity index (χ4n) is 4.59. The van der Waals surface area contributed by atoms with Gasteiger partial charge in [0.1, 0.15) is 12.0 Å². The van der Waals surface area contributed by atoms with Crippen molar-refractivity contribution in [2.24, 2.45) is 0 Å². The first-order valence-corrected chi connectivity index (χ1v) is 12.8. The Balaban J connectivity index is 1.20. The number of benzene rings is 1. The Morgan fingerprint density at radius 2 is 1.81 bits per heavy atom. The average Bonchev–Trinajstić information content (AvgIpc) is 3.37. The maximum atomic E-state index is 13.0. The third kappa shape index (κ3) is 7.19. The van der Waals surface area contributed by atoms with Gasteiger partial charge in [0.25, 0.3) is 5.91 Å². The second kappa shape index (κ2) is 12.5. The van der Waals surface area contributed by atoms with Crippen LogP contribution in [0.5, 0.6) is 5.75 Å². The van der Waals surface area contributed by atoms with E-state index in [1.165, 1.54) is 6.26 Å². The number of anilines is 1. The Hall–Kier alpha value is -2.66. The van der Waals surface area contributed by atoms with E-state index >= 15 is 0 Å². The third-order valence-corrected chi connectivity index (χ3v) is 6.67. The molecule has 2 aliphatic heterocycles. The SMILES string of the molecule is COc1cccc(N2CCN(C(=O)c3coc(CN4CCN(CC(O)COC(C)C)CC4)n3)CC2)c1. The summed E-state index contributed by atoms with van der Waals surface area (Å²) in [5.74, 6) is 1.31. The Labute approximate surface area is 213 Å². The second-order valence-electron chi connectivity index (χ2n) is 9.72. The van der Waals surface area contributed by atoms with Crippen molar-refractivity contribution in [3.05, 3.63) is 42.1 Å². The lowest BCUT2D eigenvalue weighted by molar-refractivity contribution is -0.0151. The highest BCUT2D eigenvalue weighted by Gasteiger charge is 2.26. The number of hydrogen-bond donors (Lipinski definition) is 1. The largest absolute Gasteiger partial charge is 0.497 e. The molecule has 1 amide bonds. The Bertz CT molecular complexity index is 967. The molecule has 198 valence electrons. The van der Waals surface area contributed by atoms with Gasteiger partial charge < -0.3 is 28.8 Å². The second-order valence-corrected chi connectivity index (χ2v) is 9.72. The molecule has 2 aliphatic rings. The van der Waals surface area contributed by atoms with Gasteiger partial charge in [0.05, 0.1) is 32.5 Å². The summed E-state index contributed by atoms with van der Waals surface area (Å²) >= 11 is 0. The molecule has 10 nitrogen and oxygen atoms in total. The fraction of sp³-hybridized carbons (Fsp3) is 0.615. The van der Waals surface area contributed by atoms with Crippen molar-refractivity contribution in [1.82, 2.24) is 19.7 Å². The molecule has 0 aliphatic carbocycles. The normalized spacial score (nSPS) is 18.6. The summed E-state index contributed by atoms with van der Waals surface area (Å²) in [4.78, 5) is 26.1. The minimum atomic E-state index is -0.475. The molecule has 2 saturated heterocycles. The monoisotopic (exact) mass is 501 g/mol. The molecule has 0 saturated carbocycles. The van der Waals surface area contributed by atoms with Crippen LogP contribution in [0, 0.1) is 0 Å². The molecular weight excluding hydrogens is 462 g/mol. The summed E-state index contributed by atoms with van der Waals surface area (Å²) in [5.41, 5.74) is 1.47. The number of carbonyl (C=O) groups is 1. The molecule has 2 fully saturated rings. The van der Waals surface area contributed by atoms with Gasteiger partial charge in [-0.05, 0) is 26.0 Å². The van der Waals surface area contributed by atoms with Gasteiger partial charge in [-0.15, -0.1) is 0 Å². The predicted molar refractivity (Wildman–Crippen MR) is 136 cm³/mol. The summed E-state index contributed by atoms with van der Waals surface area (Å²) in [7, 11) is 1.67. The quantitative estimate of drug-likeness (QED) is 0.520. The number of ether oxygens (including phenoxy) is 2. The molecule has 0 spiro atoms. The summed E-state index contributed by atoms with van der Waals surface area (Å²) in [6, 6.07) is 7.99. The van der Waals surface area contributed by atoms with E-state index in [0.717, 1.165) is 50.7 Å². The van der Waals surface area contributed by atoms with Gasteiger partial charge in [0, 0.05) is 70.7 Å². The highest BCUT2D eigenvalue weighted by Crippen LogP contribution is 2.22. The van der Waals surface area contributed by atoms with Crippen LogP contribution in [-0.4, -0.2) is 116 Å². The first kappa shape index (κ1) is 26.4. The lowest BCUT2D eigenvalue weighted by atomic mass is 10.2. The summed E-state index contributed by atoms with van der Waals surface area (Å²) in [6.07, 6.45) is 1.13. The van der Waals surface area contributed by atoms with E-state index in [2.05, 4.69) is 25.8 Å². The van der Waals surface area contributed by atoms with Crippen molar-refractivity contribution in [1.29, 1.82) is 0 Å². The van der Waals surface area contributed by atoms with Gasteiger partial charge in [-0.2, -0.15) is 0 Å². The lowest BCUT2D eigenvalue weighted by Crippen LogP contribution is -2.49. The number of aliphatic hydroxyl groups is 1. The standard InChI is InChI=1S/C26H39N5O5/c1-20(2)35-18-22(32)16-28-7-9-29(10-8-28)17-25-27-24(19-36-25)26(33)31-13-11-30(12-14-31)21-5-4-6-23(15-21)34-3/h4-6,15,19-20,22,32H,7-14,16-18H2,1-3H3. The van der Waals surface area contributed by atoms with Gasteiger partial charge >= 0.3 is 0 Å². The van der Waals surface area contributed by atoms with E-state index < -0.39 is 6.10 Å². The van der Waals surface area contributed by atoms with E-state index in [4.69, 9.17) is 13.9 Å². The van der Waals surface area contributed by atoms with Crippen molar-refractivity contribution >= 4 is 11.6 Å². The van der Waals surface area contributed by atoms with Gasteiger partial charge in [-0.25, -0.2) is 4.98 Å². The number of aromatic nitrogens is 1. The van der Waals surface area contributed by atoms with E-state index in [1.54, 1.807) is 7.11 Å². The number of nitrogens with zero attached hydrogens (tertiary/aromatic N) is 5. The zero-order valence-electron chi connectivity index (χ0n) is 21.6. The molecule has 1 aromatic carbocycles. The number of β-amino-alcohol motifs (C(OH)–C–C–N with tert-alkyl or cyclic N) is 1. The number of hydrogen-bond acceptors (Lipinski definition) is 9. The minimum Gasteiger partial charge on any atom is -0.497 e. The summed E-state index contributed by atoms with van der Waals surface area (Å²) in [5, 5.41) is 10.2. The lowest BCUT2D eigenvalue weighted by Gasteiger charge is -2.35. The highest BCUT2D eigenvalue weighted by molar-refractivity contribution is 5.92. The van der Waals surface area contributed by atoms with E-state index in [-0.39, 0.29) is 12.0 Å². The number of carbonyl (C=O) groups excluding carboxylic acids is 1. The van der Waals surface area contributed by atoms with Crippen molar-refractivity contribution in [2.45, 2.75) is 32.6 Å². The number of amides is 1. The molecule has 0 bridgehead atoms. The van der Waals surface area contributed by atoms with Crippen molar-refractivity contribution in [2.75, 3.05) is 77.5 Å². The maximum Gasteiger partial charge on any atom is 0.275 e. The Kier molecular flexibility index (Phi) is 9.19. The van der Waals surface area contributed by atoms with Crippen LogP contribution in [0.3, 0.4) is 0 Å².